The van der Waals surface area contributed by atoms with E-state index in [1.54, 1.807) is 6.08 Å². The monoisotopic (exact) mass is 560 g/mol. The number of anilines is 1. The molecule has 0 unspecified atom stereocenters. The molecule has 2 aromatic carbocycles. The number of piperidine rings is 1. The Morgan fingerprint density at radius 1 is 1.05 bits per heavy atom. The van der Waals surface area contributed by atoms with Crippen molar-refractivity contribution in [2.75, 3.05) is 38.5 Å². The molecule has 1 aliphatic heterocycles. The standard InChI is InChI=1S/C34H36N6O2/c1-4-39(5-2)19-9-12-30(41)40-20-27-26(28(27)21-40)17-18-29-31(32-33(35)36-22-37-34(32)38(29)3)23-13-15-25(16-14-23)42-24-10-7-6-8-11-24/h6-16,22,26-28H,4-5,19-21H2,1-3H3,(H2,35,36,37)/b12-9+/t26-,27-,28+. The Hall–Kier alpha value is -4.61. The quantitative estimate of drug-likeness (QED) is 0.242. The number of nitrogen functional groups attached to an aromatic ring is 1. The van der Waals surface area contributed by atoms with Crippen molar-refractivity contribution < 1.29 is 9.53 Å². The highest BCUT2D eigenvalue weighted by Crippen LogP contribution is 2.51. The van der Waals surface area contributed by atoms with Gasteiger partial charge in [0.05, 0.1) is 5.39 Å². The summed E-state index contributed by atoms with van der Waals surface area (Å²) in [6.45, 7) is 8.57. The topological polar surface area (TPSA) is 89.5 Å². The lowest BCUT2D eigenvalue weighted by Gasteiger charge is -2.18. The summed E-state index contributed by atoms with van der Waals surface area (Å²) >= 11 is 0. The van der Waals surface area contributed by atoms with Gasteiger partial charge in [-0.2, -0.15) is 0 Å². The second-order valence-corrected chi connectivity index (χ2v) is 10.9. The number of hydrogen-bond acceptors (Lipinski definition) is 6. The second-order valence-electron chi connectivity index (χ2n) is 10.9. The van der Waals surface area contributed by atoms with Crippen LogP contribution >= 0.6 is 0 Å². The summed E-state index contributed by atoms with van der Waals surface area (Å²) in [6, 6.07) is 17.7. The number of nitrogens with zero attached hydrogens (tertiary/aromatic N) is 5. The van der Waals surface area contributed by atoms with E-state index in [9.17, 15) is 4.79 Å². The average Bonchev–Trinajstić information content (AvgIpc) is 3.31. The van der Waals surface area contributed by atoms with E-state index in [0.29, 0.717) is 17.7 Å². The van der Waals surface area contributed by atoms with E-state index in [0.717, 1.165) is 72.1 Å². The van der Waals surface area contributed by atoms with Gasteiger partial charge in [-0.05, 0) is 60.7 Å². The van der Waals surface area contributed by atoms with Gasteiger partial charge in [-0.3, -0.25) is 4.79 Å². The number of likely N-dealkylation sites (N-methyl/N-ethyl adjacent to an activating group) is 1. The van der Waals surface area contributed by atoms with Gasteiger partial charge < -0.3 is 24.8 Å². The Balaban J connectivity index is 1.21. The molecule has 8 nitrogen and oxygen atoms in total. The SMILES string of the molecule is CCN(CC)C/C=C/C(=O)N1C[C@@H]2[C@@H](C#Cc3c(-c4ccc(Oc5ccccc5)cc4)c4c(N)ncnc4n3C)[C@@H]2C1. The second kappa shape index (κ2) is 11.7. The molecule has 1 amide bonds. The molecular formula is C34H36N6O2. The molecular weight excluding hydrogens is 524 g/mol. The van der Waals surface area contributed by atoms with E-state index in [4.69, 9.17) is 10.5 Å². The number of amides is 1. The minimum atomic E-state index is 0.103. The van der Waals surface area contributed by atoms with Crippen molar-refractivity contribution in [3.8, 4) is 34.5 Å². The van der Waals surface area contributed by atoms with Crippen LogP contribution in [-0.4, -0.2) is 63.0 Å². The predicted molar refractivity (Wildman–Crippen MR) is 166 cm³/mol. The molecule has 214 valence electrons. The van der Waals surface area contributed by atoms with Crippen LogP contribution in [0.15, 0.2) is 73.1 Å². The van der Waals surface area contributed by atoms with Crippen LogP contribution in [0.3, 0.4) is 0 Å². The molecule has 1 saturated carbocycles. The van der Waals surface area contributed by atoms with Crippen LogP contribution in [-0.2, 0) is 11.8 Å². The van der Waals surface area contributed by atoms with E-state index in [2.05, 4.69) is 40.6 Å². The first-order valence-electron chi connectivity index (χ1n) is 14.6. The maximum absolute atomic E-state index is 12.7. The smallest absolute Gasteiger partial charge is 0.246 e. The third kappa shape index (κ3) is 5.36. The van der Waals surface area contributed by atoms with Crippen molar-refractivity contribution in [2.45, 2.75) is 13.8 Å². The lowest BCUT2D eigenvalue weighted by molar-refractivity contribution is -0.125. The molecule has 6 rings (SSSR count). The molecule has 2 aliphatic rings. The summed E-state index contributed by atoms with van der Waals surface area (Å²) < 4.78 is 8.00. The summed E-state index contributed by atoms with van der Waals surface area (Å²) in [5.74, 6) is 10.2. The summed E-state index contributed by atoms with van der Waals surface area (Å²) in [5, 5.41) is 0.797. The van der Waals surface area contributed by atoms with Crippen LogP contribution in [0.2, 0.25) is 0 Å². The van der Waals surface area contributed by atoms with Crippen molar-refractivity contribution in [3.63, 3.8) is 0 Å². The summed E-state index contributed by atoms with van der Waals surface area (Å²) in [5.41, 5.74) is 9.87. The number of fused-ring (bicyclic) bond motifs is 2. The van der Waals surface area contributed by atoms with Crippen LogP contribution in [0, 0.1) is 29.6 Å². The van der Waals surface area contributed by atoms with Crippen molar-refractivity contribution >= 4 is 22.8 Å². The lowest BCUT2D eigenvalue weighted by Crippen LogP contribution is -2.30. The van der Waals surface area contributed by atoms with Gasteiger partial charge in [0.2, 0.25) is 5.91 Å². The minimum Gasteiger partial charge on any atom is -0.457 e. The van der Waals surface area contributed by atoms with Gasteiger partial charge in [-0.25, -0.2) is 9.97 Å². The highest BCUT2D eigenvalue weighted by molar-refractivity contribution is 6.03. The molecule has 0 bridgehead atoms. The Bertz CT molecular complexity index is 1670. The van der Waals surface area contributed by atoms with Gasteiger partial charge >= 0.3 is 0 Å². The Morgan fingerprint density at radius 2 is 1.74 bits per heavy atom. The normalized spacial score (nSPS) is 19.2. The molecule has 8 heteroatoms. The zero-order chi connectivity index (χ0) is 29.2. The van der Waals surface area contributed by atoms with Gasteiger partial charge in [0.25, 0.3) is 0 Å². The van der Waals surface area contributed by atoms with Crippen molar-refractivity contribution in [1.82, 2.24) is 24.3 Å². The summed E-state index contributed by atoms with van der Waals surface area (Å²) in [6.07, 6.45) is 5.20. The first-order valence-corrected chi connectivity index (χ1v) is 14.6. The lowest BCUT2D eigenvalue weighted by atomic mass is 10.0. The third-order valence-electron chi connectivity index (χ3n) is 8.50. The van der Waals surface area contributed by atoms with Crippen LogP contribution < -0.4 is 10.5 Å². The fourth-order valence-electron chi connectivity index (χ4n) is 5.98. The Labute approximate surface area is 246 Å². The zero-order valence-corrected chi connectivity index (χ0v) is 24.3. The number of rotatable bonds is 8. The molecule has 2 aromatic heterocycles. The highest BCUT2D eigenvalue weighted by atomic mass is 16.5. The van der Waals surface area contributed by atoms with Crippen molar-refractivity contribution in [1.29, 1.82) is 0 Å². The van der Waals surface area contributed by atoms with Crippen LogP contribution in [0.4, 0.5) is 5.82 Å². The average molecular weight is 561 g/mol. The summed E-state index contributed by atoms with van der Waals surface area (Å²) in [7, 11) is 1.97. The third-order valence-corrected chi connectivity index (χ3v) is 8.50. The van der Waals surface area contributed by atoms with Crippen LogP contribution in [0.1, 0.15) is 19.5 Å². The van der Waals surface area contributed by atoms with Gasteiger partial charge in [-0.1, -0.05) is 56.2 Å². The number of aromatic nitrogens is 3. The molecule has 3 atom stereocenters. The molecule has 4 aromatic rings. The van der Waals surface area contributed by atoms with E-state index in [-0.39, 0.29) is 11.8 Å². The number of nitrogens with two attached hydrogens (primary N) is 1. The molecule has 42 heavy (non-hydrogen) atoms. The van der Waals surface area contributed by atoms with Gasteiger partial charge in [0.15, 0.2) is 0 Å². The first-order chi connectivity index (χ1) is 20.5. The Morgan fingerprint density at radius 3 is 2.43 bits per heavy atom. The number of likely N-dealkylation sites (tertiary alicyclic amines) is 1. The fraction of sp³-hybridized carbons (Fsp3) is 0.324. The minimum absolute atomic E-state index is 0.103. The van der Waals surface area contributed by atoms with Crippen LogP contribution in [0.5, 0.6) is 11.5 Å². The number of benzene rings is 2. The van der Waals surface area contributed by atoms with E-state index in [1.165, 1.54) is 6.33 Å². The summed E-state index contributed by atoms with van der Waals surface area (Å²) in [4.78, 5) is 25.7. The molecule has 0 spiro atoms. The van der Waals surface area contributed by atoms with E-state index in [1.807, 2.05) is 77.2 Å². The molecule has 0 radical (unpaired) electrons. The molecule has 1 aliphatic carbocycles. The number of carbonyl (C=O) groups excluding carboxylic acids is 1. The van der Waals surface area contributed by atoms with E-state index >= 15 is 0 Å². The number of hydrogen-bond donors (Lipinski definition) is 1. The van der Waals surface area contributed by atoms with E-state index < -0.39 is 0 Å². The molecule has 3 heterocycles. The highest BCUT2D eigenvalue weighted by Gasteiger charge is 2.55. The number of para-hydroxylation sites is 1. The number of carbonyl (C=O) groups is 1. The largest absolute Gasteiger partial charge is 0.457 e. The predicted octanol–water partition coefficient (Wildman–Crippen LogP) is 4.96. The molecule has 2 fully saturated rings. The molecule has 1 saturated heterocycles. The maximum atomic E-state index is 12.7. The first kappa shape index (κ1) is 27.6. The Kier molecular flexibility index (Phi) is 7.68. The van der Waals surface area contributed by atoms with Gasteiger partial charge in [0, 0.05) is 44.2 Å². The fourth-order valence-corrected chi connectivity index (χ4v) is 5.98. The number of ether oxygens (including phenoxy) is 1. The van der Waals surface area contributed by atoms with Crippen molar-refractivity contribution in [3.05, 3.63) is 78.8 Å². The van der Waals surface area contributed by atoms with Gasteiger partial charge in [0.1, 0.15) is 35.0 Å². The molecule has 2 N–H and O–H groups in total. The zero-order valence-electron chi connectivity index (χ0n) is 24.3. The van der Waals surface area contributed by atoms with Gasteiger partial charge in [-0.15, -0.1) is 0 Å². The van der Waals surface area contributed by atoms with Crippen LogP contribution in [0.25, 0.3) is 22.2 Å². The maximum Gasteiger partial charge on any atom is 0.246 e. The van der Waals surface area contributed by atoms with Crippen molar-refractivity contribution in [2.24, 2.45) is 24.8 Å². The number of aryl methyl sites for hydroxylation is 1.